The minimum atomic E-state index is -3.44. The van der Waals surface area contributed by atoms with Crippen molar-refractivity contribution in [3.05, 3.63) is 0 Å². The number of hydrogen-bond acceptors (Lipinski definition) is 3. The molecule has 0 aromatic rings. The van der Waals surface area contributed by atoms with E-state index in [1.807, 2.05) is 13.8 Å². The van der Waals surface area contributed by atoms with Crippen LogP contribution in [0.15, 0.2) is 0 Å². The molecule has 0 unspecified atom stereocenters. The maximum Gasteiger partial charge on any atom is 0.321 e. The van der Waals surface area contributed by atoms with Gasteiger partial charge in [0, 0.05) is 0 Å². The second-order valence-electron chi connectivity index (χ2n) is 3.41. The Balaban J connectivity index is 4.37. The molecule has 0 rings (SSSR count). The number of aliphatic carboxylic acids is 1. The highest BCUT2D eigenvalue weighted by molar-refractivity contribution is 7.88. The number of carboxylic acids is 1. The Bertz CT molecular complexity index is 270. The fraction of sp³-hybridized carbons (Fsp3) is 0.857. The van der Waals surface area contributed by atoms with E-state index in [0.717, 1.165) is 6.26 Å². The maximum absolute atomic E-state index is 10.8. The van der Waals surface area contributed by atoms with E-state index in [1.54, 1.807) is 0 Å². The first-order valence-electron chi connectivity index (χ1n) is 3.92. The predicted molar refractivity (Wildman–Crippen MR) is 48.9 cm³/mol. The topological polar surface area (TPSA) is 83.5 Å². The molecule has 0 spiro atoms. The molecule has 5 nitrogen and oxygen atoms in total. The molecule has 0 bridgehead atoms. The molecule has 78 valence electrons. The summed E-state index contributed by atoms with van der Waals surface area (Å²) in [6.45, 7) is 3.67. The highest BCUT2D eigenvalue weighted by Crippen LogP contribution is 2.05. The van der Waals surface area contributed by atoms with Crippen LogP contribution in [0.3, 0.4) is 0 Å². The second-order valence-corrected chi connectivity index (χ2v) is 5.19. The van der Waals surface area contributed by atoms with Gasteiger partial charge in [0.1, 0.15) is 6.04 Å². The third-order valence-corrected chi connectivity index (χ3v) is 2.07. The zero-order valence-corrected chi connectivity index (χ0v) is 8.76. The molecule has 0 amide bonds. The van der Waals surface area contributed by atoms with Gasteiger partial charge in [0.25, 0.3) is 0 Å². The summed E-state index contributed by atoms with van der Waals surface area (Å²) in [5.74, 6) is -1.01. The Labute approximate surface area is 78.2 Å². The fourth-order valence-electron chi connectivity index (χ4n) is 0.929. The van der Waals surface area contributed by atoms with Crippen LogP contribution in [-0.4, -0.2) is 31.8 Å². The highest BCUT2D eigenvalue weighted by atomic mass is 32.2. The summed E-state index contributed by atoms with van der Waals surface area (Å²) in [5, 5.41) is 8.66. The van der Waals surface area contributed by atoms with Crippen molar-refractivity contribution in [2.45, 2.75) is 26.3 Å². The van der Waals surface area contributed by atoms with Gasteiger partial charge >= 0.3 is 5.97 Å². The smallest absolute Gasteiger partial charge is 0.321 e. The number of nitrogens with one attached hydrogen (secondary N) is 1. The zero-order valence-electron chi connectivity index (χ0n) is 7.94. The average Bonchev–Trinajstić information content (AvgIpc) is 1.81. The van der Waals surface area contributed by atoms with E-state index in [9.17, 15) is 13.2 Å². The minimum Gasteiger partial charge on any atom is -0.480 e. The van der Waals surface area contributed by atoms with Crippen molar-refractivity contribution in [2.24, 2.45) is 5.92 Å². The van der Waals surface area contributed by atoms with Crippen LogP contribution in [0.25, 0.3) is 0 Å². The van der Waals surface area contributed by atoms with Gasteiger partial charge in [-0.2, -0.15) is 0 Å². The van der Waals surface area contributed by atoms with Crippen LogP contribution in [0, 0.1) is 5.92 Å². The van der Waals surface area contributed by atoms with Gasteiger partial charge in [-0.15, -0.1) is 0 Å². The SMILES string of the molecule is CC(C)C[C@@H](NS(C)(=O)=O)C(=O)O. The molecule has 1 atom stereocenters. The summed E-state index contributed by atoms with van der Waals surface area (Å²) in [6, 6.07) is -1.02. The largest absolute Gasteiger partial charge is 0.480 e. The summed E-state index contributed by atoms with van der Waals surface area (Å²) in [6.07, 6.45) is 1.24. The van der Waals surface area contributed by atoms with Crippen molar-refractivity contribution in [3.8, 4) is 0 Å². The second kappa shape index (κ2) is 4.57. The van der Waals surface area contributed by atoms with Gasteiger partial charge in [-0.3, -0.25) is 4.79 Å². The Morgan fingerprint density at radius 1 is 1.46 bits per heavy atom. The van der Waals surface area contributed by atoms with E-state index < -0.39 is 22.0 Å². The third-order valence-electron chi connectivity index (χ3n) is 1.36. The van der Waals surface area contributed by atoms with Gasteiger partial charge in [0.15, 0.2) is 0 Å². The molecule has 0 aliphatic carbocycles. The lowest BCUT2D eigenvalue weighted by Crippen LogP contribution is -2.40. The van der Waals surface area contributed by atoms with Crippen molar-refractivity contribution in [1.29, 1.82) is 0 Å². The third kappa shape index (κ3) is 6.53. The van der Waals surface area contributed by atoms with E-state index in [-0.39, 0.29) is 5.92 Å². The normalized spacial score (nSPS) is 14.5. The molecule has 13 heavy (non-hydrogen) atoms. The van der Waals surface area contributed by atoms with E-state index in [1.165, 1.54) is 0 Å². The molecular formula is C7H15NO4S. The van der Waals surface area contributed by atoms with Gasteiger partial charge in [-0.25, -0.2) is 13.1 Å². The molecule has 0 aliphatic heterocycles. The summed E-state index contributed by atoms with van der Waals surface area (Å²) in [4.78, 5) is 10.6. The number of hydrogen-bond donors (Lipinski definition) is 2. The quantitative estimate of drug-likeness (QED) is 0.669. The molecule has 0 heterocycles. The lowest BCUT2D eigenvalue weighted by molar-refractivity contribution is -0.139. The van der Waals surface area contributed by atoms with Crippen molar-refractivity contribution >= 4 is 16.0 Å². The molecule has 0 saturated carbocycles. The van der Waals surface area contributed by atoms with E-state index in [0.29, 0.717) is 6.42 Å². The predicted octanol–water partition coefficient (Wildman–Crippen LogP) is 0.0349. The molecule has 0 fully saturated rings. The minimum absolute atomic E-state index is 0.135. The van der Waals surface area contributed by atoms with Crippen LogP contribution in [0.4, 0.5) is 0 Å². The van der Waals surface area contributed by atoms with Gasteiger partial charge in [-0.05, 0) is 12.3 Å². The average molecular weight is 209 g/mol. The lowest BCUT2D eigenvalue weighted by Gasteiger charge is -2.14. The molecule has 0 radical (unpaired) electrons. The van der Waals surface area contributed by atoms with Crippen LogP contribution in [0.1, 0.15) is 20.3 Å². The Morgan fingerprint density at radius 2 is 1.92 bits per heavy atom. The van der Waals surface area contributed by atoms with Gasteiger partial charge in [-0.1, -0.05) is 13.8 Å². The molecule has 2 N–H and O–H groups in total. The first-order valence-corrected chi connectivity index (χ1v) is 5.81. The maximum atomic E-state index is 10.8. The van der Waals surface area contributed by atoms with E-state index >= 15 is 0 Å². The van der Waals surface area contributed by atoms with E-state index in [2.05, 4.69) is 4.72 Å². The summed E-state index contributed by atoms with van der Waals surface area (Å²) < 4.78 is 23.6. The first kappa shape index (κ1) is 12.4. The van der Waals surface area contributed by atoms with Crippen LogP contribution in [0.2, 0.25) is 0 Å². The number of carboxylic acid groups (broad SMARTS) is 1. The molecule has 0 saturated heterocycles. The lowest BCUT2D eigenvalue weighted by atomic mass is 10.1. The fourth-order valence-corrected chi connectivity index (χ4v) is 1.64. The van der Waals surface area contributed by atoms with Gasteiger partial charge in [0.05, 0.1) is 6.26 Å². The molecule has 0 aliphatic rings. The molecule has 6 heteroatoms. The Kier molecular flexibility index (Phi) is 4.35. The van der Waals surface area contributed by atoms with Gasteiger partial charge in [0.2, 0.25) is 10.0 Å². The Hall–Kier alpha value is -0.620. The van der Waals surface area contributed by atoms with Crippen molar-refractivity contribution < 1.29 is 18.3 Å². The zero-order chi connectivity index (χ0) is 10.6. The van der Waals surface area contributed by atoms with Crippen LogP contribution >= 0.6 is 0 Å². The van der Waals surface area contributed by atoms with E-state index in [4.69, 9.17) is 5.11 Å². The monoisotopic (exact) mass is 209 g/mol. The van der Waals surface area contributed by atoms with Crippen molar-refractivity contribution in [2.75, 3.05) is 6.26 Å². The molecular weight excluding hydrogens is 194 g/mol. The molecule has 0 aromatic carbocycles. The first-order chi connectivity index (χ1) is 5.72. The van der Waals surface area contributed by atoms with Crippen LogP contribution in [-0.2, 0) is 14.8 Å². The Morgan fingerprint density at radius 3 is 2.15 bits per heavy atom. The number of carbonyl (C=O) groups is 1. The highest BCUT2D eigenvalue weighted by Gasteiger charge is 2.21. The standard InChI is InChI=1S/C7H15NO4S/c1-5(2)4-6(7(9)10)8-13(3,11)12/h5-6,8H,4H2,1-3H3,(H,9,10)/t6-/m1/s1. The summed E-state index contributed by atoms with van der Waals surface area (Å²) in [5.41, 5.74) is 0. The summed E-state index contributed by atoms with van der Waals surface area (Å²) in [7, 11) is -3.44. The number of rotatable bonds is 5. The van der Waals surface area contributed by atoms with Crippen LogP contribution < -0.4 is 4.72 Å². The molecule has 0 aromatic heterocycles. The van der Waals surface area contributed by atoms with Gasteiger partial charge < -0.3 is 5.11 Å². The van der Waals surface area contributed by atoms with Crippen LogP contribution in [0.5, 0.6) is 0 Å². The number of sulfonamides is 1. The van der Waals surface area contributed by atoms with Crippen molar-refractivity contribution in [3.63, 3.8) is 0 Å². The van der Waals surface area contributed by atoms with Crippen molar-refractivity contribution in [1.82, 2.24) is 4.72 Å². The summed E-state index contributed by atoms with van der Waals surface area (Å²) >= 11 is 0.